The number of amidine groups is 1. The van der Waals surface area contributed by atoms with Gasteiger partial charge in [-0.05, 0) is 5.32 Å². The van der Waals surface area contributed by atoms with Gasteiger partial charge in [-0.15, -0.1) is 4.58 Å². The summed E-state index contributed by atoms with van der Waals surface area (Å²) in [7, 11) is 0. The van der Waals surface area contributed by atoms with Gasteiger partial charge in [0, 0.05) is 6.54 Å². The Labute approximate surface area is 54.1 Å². The Bertz CT molecular complexity index is 181. The molecule has 0 spiro atoms. The van der Waals surface area contributed by atoms with E-state index in [0.717, 1.165) is 19.6 Å². The fourth-order valence-electron chi connectivity index (χ4n) is 1.09. The quantitative estimate of drug-likeness (QED) is 0.315. The molecule has 9 heavy (non-hydrogen) atoms. The van der Waals surface area contributed by atoms with Crippen molar-refractivity contribution in [3.8, 4) is 0 Å². The van der Waals surface area contributed by atoms with Crippen molar-refractivity contribution >= 4 is 5.84 Å². The van der Waals surface area contributed by atoms with Crippen LogP contribution in [0.25, 0.3) is 0 Å². The Kier molecular flexibility index (Phi) is 0.979. The molecule has 0 saturated carbocycles. The van der Waals surface area contributed by atoms with Crippen molar-refractivity contribution in [2.24, 2.45) is 0 Å². The Morgan fingerprint density at radius 2 is 2.67 bits per heavy atom. The summed E-state index contributed by atoms with van der Waals surface area (Å²) in [6, 6.07) is 0. The maximum Gasteiger partial charge on any atom is 0.403 e. The number of rotatable bonds is 0. The number of nitrogens with zero attached hydrogens (tertiary/aromatic N) is 1. The lowest BCUT2D eigenvalue weighted by Gasteiger charge is -2.02. The van der Waals surface area contributed by atoms with Gasteiger partial charge in [0.1, 0.15) is 6.54 Å². The molecule has 0 amide bonds. The molecule has 0 aromatic rings. The highest BCUT2D eigenvalue weighted by molar-refractivity contribution is 5.81. The van der Waals surface area contributed by atoms with Crippen LogP contribution in [0.3, 0.4) is 0 Å². The van der Waals surface area contributed by atoms with Gasteiger partial charge in [-0.3, -0.25) is 5.32 Å². The van der Waals surface area contributed by atoms with E-state index in [0.29, 0.717) is 0 Å². The zero-order chi connectivity index (χ0) is 6.10. The first-order valence-corrected chi connectivity index (χ1v) is 3.15. The van der Waals surface area contributed by atoms with Gasteiger partial charge in [0.15, 0.2) is 6.54 Å². The molecule has 2 N–H and O–H groups in total. The third-order valence-electron chi connectivity index (χ3n) is 1.61. The second kappa shape index (κ2) is 1.79. The molecule has 0 aliphatic carbocycles. The highest BCUT2D eigenvalue weighted by atomic mass is 15.2. The zero-order valence-electron chi connectivity index (χ0n) is 5.15. The molecule has 0 bridgehead atoms. The van der Waals surface area contributed by atoms with E-state index in [1.807, 2.05) is 6.20 Å². The van der Waals surface area contributed by atoms with Gasteiger partial charge in [0.05, 0.1) is 0 Å². The molecule has 0 aromatic carbocycles. The van der Waals surface area contributed by atoms with Crippen LogP contribution in [0.15, 0.2) is 6.20 Å². The number of hydrogen-bond donors (Lipinski definition) is 2. The highest BCUT2D eigenvalue weighted by Crippen LogP contribution is 1.90. The Balaban J connectivity index is 2.24. The summed E-state index contributed by atoms with van der Waals surface area (Å²) in [5, 5.41) is 6.29. The van der Waals surface area contributed by atoms with E-state index in [2.05, 4.69) is 21.4 Å². The van der Waals surface area contributed by atoms with Crippen molar-refractivity contribution in [3.63, 3.8) is 0 Å². The highest BCUT2D eigenvalue weighted by Gasteiger charge is 2.29. The average Bonchev–Trinajstić information content (AvgIpc) is 2.33. The van der Waals surface area contributed by atoms with Crippen molar-refractivity contribution in [2.45, 2.75) is 0 Å². The smallest absolute Gasteiger partial charge is 0.286 e. The molecule has 2 rings (SSSR count). The fraction of sp³-hybridized carbons (Fsp3) is 0.500. The van der Waals surface area contributed by atoms with Gasteiger partial charge in [0.25, 0.3) is 6.20 Å². The summed E-state index contributed by atoms with van der Waals surface area (Å²) < 4.78 is 2.18. The minimum absolute atomic E-state index is 0.948. The molecule has 2 aliphatic rings. The lowest BCUT2D eigenvalue weighted by atomic mass is 10.4. The Morgan fingerprint density at radius 1 is 1.67 bits per heavy atom. The van der Waals surface area contributed by atoms with E-state index >= 15 is 0 Å². The Morgan fingerprint density at radius 3 is 3.56 bits per heavy atom. The van der Waals surface area contributed by atoms with Crippen LogP contribution in [0.4, 0.5) is 0 Å². The summed E-state index contributed by atoms with van der Waals surface area (Å²) in [4.78, 5) is 0. The van der Waals surface area contributed by atoms with Gasteiger partial charge < -0.3 is 0 Å². The lowest BCUT2D eigenvalue weighted by Crippen LogP contribution is -2.42. The van der Waals surface area contributed by atoms with Crippen LogP contribution in [-0.4, -0.2) is 30.0 Å². The molecule has 2 aliphatic heterocycles. The lowest BCUT2D eigenvalue weighted by molar-refractivity contribution is -0.457. The first-order chi connectivity index (χ1) is 4.47. The molecule has 2 heterocycles. The SMILES string of the molecule is [C+]1=C[N+]2=C(CNCC2)N1. The van der Waals surface area contributed by atoms with Gasteiger partial charge >= 0.3 is 12.0 Å². The normalized spacial score (nSPS) is 23.1. The maximum absolute atomic E-state index is 3.25. The molecular formula is C6H9N3+2. The van der Waals surface area contributed by atoms with Crippen LogP contribution in [0.1, 0.15) is 0 Å². The van der Waals surface area contributed by atoms with E-state index in [1.54, 1.807) is 0 Å². The van der Waals surface area contributed by atoms with Crippen molar-refractivity contribution in [3.05, 3.63) is 12.4 Å². The number of hydrogen-bond acceptors (Lipinski definition) is 2. The summed E-state index contributed by atoms with van der Waals surface area (Å²) in [5.74, 6) is 1.22. The van der Waals surface area contributed by atoms with Gasteiger partial charge in [-0.25, -0.2) is 0 Å². The predicted octanol–water partition coefficient (Wildman–Crippen LogP) is -1.12. The van der Waals surface area contributed by atoms with Crippen LogP contribution in [0, 0.1) is 6.20 Å². The summed E-state index contributed by atoms with van der Waals surface area (Å²) in [6.45, 7) is 3.09. The predicted molar refractivity (Wildman–Crippen MR) is 34.0 cm³/mol. The van der Waals surface area contributed by atoms with E-state index in [1.165, 1.54) is 5.84 Å². The van der Waals surface area contributed by atoms with Crippen LogP contribution in [0.2, 0.25) is 0 Å². The molecule has 0 fully saturated rings. The molecule has 0 saturated heterocycles. The summed E-state index contributed by atoms with van der Waals surface area (Å²) >= 11 is 0. The average molecular weight is 123 g/mol. The molecule has 0 atom stereocenters. The topological polar surface area (TPSA) is 27.1 Å². The minimum Gasteiger partial charge on any atom is -0.286 e. The van der Waals surface area contributed by atoms with Crippen molar-refractivity contribution in [1.82, 2.24) is 10.6 Å². The molecule has 46 valence electrons. The Hall–Kier alpha value is -0.920. The molecular weight excluding hydrogens is 114 g/mol. The monoisotopic (exact) mass is 123 g/mol. The summed E-state index contributed by atoms with van der Waals surface area (Å²) in [5.41, 5.74) is 0. The zero-order valence-corrected chi connectivity index (χ0v) is 5.15. The fourth-order valence-corrected chi connectivity index (χ4v) is 1.09. The minimum atomic E-state index is 0.948. The molecule has 3 heteroatoms. The first kappa shape index (κ1) is 4.91. The van der Waals surface area contributed by atoms with E-state index in [-0.39, 0.29) is 0 Å². The molecule has 0 aromatic heterocycles. The summed E-state index contributed by atoms with van der Waals surface area (Å²) in [6.07, 6.45) is 4.89. The van der Waals surface area contributed by atoms with Gasteiger partial charge in [0.2, 0.25) is 0 Å². The van der Waals surface area contributed by atoms with Crippen molar-refractivity contribution in [1.29, 1.82) is 0 Å². The molecule has 3 nitrogen and oxygen atoms in total. The van der Waals surface area contributed by atoms with Crippen molar-refractivity contribution in [2.75, 3.05) is 19.6 Å². The number of nitrogens with one attached hydrogen (secondary N) is 2. The second-order valence-corrected chi connectivity index (χ2v) is 2.22. The van der Waals surface area contributed by atoms with E-state index in [9.17, 15) is 0 Å². The van der Waals surface area contributed by atoms with Gasteiger partial charge in [-0.1, -0.05) is 0 Å². The molecule has 0 radical (unpaired) electrons. The van der Waals surface area contributed by atoms with Crippen LogP contribution in [0.5, 0.6) is 0 Å². The van der Waals surface area contributed by atoms with E-state index in [4.69, 9.17) is 0 Å². The third-order valence-corrected chi connectivity index (χ3v) is 1.61. The largest absolute Gasteiger partial charge is 0.403 e. The van der Waals surface area contributed by atoms with Crippen LogP contribution in [-0.2, 0) is 0 Å². The molecule has 0 unspecified atom stereocenters. The third kappa shape index (κ3) is 0.707. The standard InChI is InChI=1S/C6H8N3/c1-3-9-4-2-8-6(9)5-7-1/h4,7H,1,3,5H2/q+1/p+1. The maximum atomic E-state index is 3.25. The van der Waals surface area contributed by atoms with E-state index < -0.39 is 0 Å². The van der Waals surface area contributed by atoms with Crippen LogP contribution >= 0.6 is 0 Å². The van der Waals surface area contributed by atoms with Gasteiger partial charge in [-0.2, -0.15) is 0 Å². The van der Waals surface area contributed by atoms with Crippen molar-refractivity contribution < 1.29 is 4.58 Å². The second-order valence-electron chi connectivity index (χ2n) is 2.22. The first-order valence-electron chi connectivity index (χ1n) is 3.15. The van der Waals surface area contributed by atoms with Crippen LogP contribution < -0.4 is 10.6 Å².